The number of anilines is 1. The summed E-state index contributed by atoms with van der Waals surface area (Å²) in [6.45, 7) is 2.21. The van der Waals surface area contributed by atoms with Gasteiger partial charge in [0.1, 0.15) is 5.82 Å². The summed E-state index contributed by atoms with van der Waals surface area (Å²) in [6, 6.07) is 2.31. The minimum absolute atomic E-state index is 0.777. The second-order valence-corrected chi connectivity index (χ2v) is 5.74. The molecule has 3 unspecified atom stereocenters. The van der Waals surface area contributed by atoms with Gasteiger partial charge in [-0.25, -0.2) is 4.68 Å². The second kappa shape index (κ2) is 3.25. The molecule has 16 heavy (non-hydrogen) atoms. The van der Waals surface area contributed by atoms with Crippen LogP contribution in [0.2, 0.25) is 0 Å². The summed E-state index contributed by atoms with van der Waals surface area (Å²) in [6.07, 6.45) is 7.02. The van der Waals surface area contributed by atoms with E-state index in [-0.39, 0.29) is 0 Å². The molecule has 0 spiro atoms. The largest absolute Gasteiger partial charge is 0.370 e. The zero-order valence-corrected chi connectivity index (χ0v) is 9.65. The van der Waals surface area contributed by atoms with E-state index in [1.807, 2.05) is 0 Å². The van der Waals surface area contributed by atoms with Crippen LogP contribution in [0.4, 0.5) is 5.82 Å². The summed E-state index contributed by atoms with van der Waals surface area (Å²) in [5.41, 5.74) is 1.37. The molecule has 3 nitrogen and oxygen atoms in total. The molecule has 3 atom stereocenters. The average molecular weight is 217 g/mol. The molecular weight excluding hydrogens is 198 g/mol. The van der Waals surface area contributed by atoms with Gasteiger partial charge in [-0.1, -0.05) is 6.42 Å². The maximum Gasteiger partial charge on any atom is 0.124 e. The Hall–Kier alpha value is -0.990. The lowest BCUT2D eigenvalue weighted by atomic mass is 9.86. The number of rotatable bonds is 1. The molecular formula is C13H19N3. The summed E-state index contributed by atoms with van der Waals surface area (Å²) in [4.78, 5) is 0. The molecule has 1 N–H and O–H groups in total. The highest BCUT2D eigenvalue weighted by atomic mass is 15.3. The maximum absolute atomic E-state index is 4.81. The van der Waals surface area contributed by atoms with Gasteiger partial charge in [-0.05, 0) is 37.5 Å². The molecule has 0 amide bonds. The van der Waals surface area contributed by atoms with Gasteiger partial charge in [0.05, 0.1) is 5.69 Å². The highest BCUT2D eigenvalue weighted by Crippen LogP contribution is 2.52. The van der Waals surface area contributed by atoms with Crippen molar-refractivity contribution in [2.45, 2.75) is 44.6 Å². The summed E-state index contributed by atoms with van der Waals surface area (Å²) in [5, 5.41) is 8.26. The fraction of sp³-hybridized carbons (Fsp3) is 0.769. The van der Waals surface area contributed by atoms with Gasteiger partial charge in [0, 0.05) is 25.1 Å². The Labute approximate surface area is 96.2 Å². The molecule has 86 valence electrons. The zero-order valence-electron chi connectivity index (χ0n) is 9.65. The van der Waals surface area contributed by atoms with Crippen molar-refractivity contribution in [2.24, 2.45) is 11.8 Å². The SMILES string of the molecule is c1c(C2CC3CCC2C3)nn2c1NCCC2. The monoisotopic (exact) mass is 217 g/mol. The van der Waals surface area contributed by atoms with Gasteiger partial charge >= 0.3 is 0 Å². The Balaban J connectivity index is 1.65. The van der Waals surface area contributed by atoms with Crippen LogP contribution < -0.4 is 5.32 Å². The van der Waals surface area contributed by atoms with E-state index in [1.54, 1.807) is 0 Å². The van der Waals surface area contributed by atoms with Gasteiger partial charge in [0.2, 0.25) is 0 Å². The molecule has 2 aliphatic carbocycles. The van der Waals surface area contributed by atoms with Crippen LogP contribution in [0.15, 0.2) is 6.07 Å². The highest BCUT2D eigenvalue weighted by Gasteiger charge is 2.41. The fourth-order valence-electron chi connectivity index (χ4n) is 3.98. The first-order chi connectivity index (χ1) is 7.90. The molecule has 1 aromatic heterocycles. The molecule has 2 fully saturated rings. The molecule has 2 saturated carbocycles. The van der Waals surface area contributed by atoms with Crippen molar-refractivity contribution in [1.29, 1.82) is 0 Å². The van der Waals surface area contributed by atoms with Crippen molar-refractivity contribution in [3.05, 3.63) is 11.8 Å². The standard InChI is InChI=1S/C13H19N3/c1-4-14-13-8-12(15-16(13)5-1)11-7-9-2-3-10(11)6-9/h8-11,14H,1-7H2. The normalized spacial score (nSPS) is 36.1. The van der Waals surface area contributed by atoms with Crippen molar-refractivity contribution in [2.75, 3.05) is 11.9 Å². The zero-order chi connectivity index (χ0) is 10.5. The van der Waals surface area contributed by atoms with Crippen molar-refractivity contribution in [3.63, 3.8) is 0 Å². The van der Waals surface area contributed by atoms with Gasteiger partial charge in [0.25, 0.3) is 0 Å². The molecule has 1 aliphatic heterocycles. The lowest BCUT2D eigenvalue weighted by Gasteiger charge is -2.19. The van der Waals surface area contributed by atoms with Crippen LogP contribution >= 0.6 is 0 Å². The number of aryl methyl sites for hydroxylation is 1. The molecule has 2 heterocycles. The summed E-state index contributed by atoms with van der Waals surface area (Å²) in [5.74, 6) is 3.99. The third kappa shape index (κ3) is 1.23. The van der Waals surface area contributed by atoms with Gasteiger partial charge in [0.15, 0.2) is 0 Å². The lowest BCUT2D eigenvalue weighted by Crippen LogP contribution is -2.17. The van der Waals surface area contributed by atoms with E-state index in [9.17, 15) is 0 Å². The molecule has 3 aliphatic rings. The van der Waals surface area contributed by atoms with Gasteiger partial charge < -0.3 is 5.32 Å². The van der Waals surface area contributed by atoms with Gasteiger partial charge in [-0.2, -0.15) is 5.10 Å². The van der Waals surface area contributed by atoms with E-state index in [0.29, 0.717) is 0 Å². The van der Waals surface area contributed by atoms with E-state index in [1.165, 1.54) is 43.6 Å². The lowest BCUT2D eigenvalue weighted by molar-refractivity contribution is 0.408. The van der Waals surface area contributed by atoms with Crippen molar-refractivity contribution in [1.82, 2.24) is 9.78 Å². The van der Waals surface area contributed by atoms with Crippen LogP contribution in [0, 0.1) is 11.8 Å². The Morgan fingerprint density at radius 3 is 3.06 bits per heavy atom. The first-order valence-corrected chi connectivity index (χ1v) is 6.72. The summed E-state index contributed by atoms with van der Waals surface area (Å²) < 4.78 is 2.17. The fourth-order valence-corrected chi connectivity index (χ4v) is 3.98. The van der Waals surface area contributed by atoms with Crippen molar-refractivity contribution in [3.8, 4) is 0 Å². The van der Waals surface area contributed by atoms with Gasteiger partial charge in [-0.15, -0.1) is 0 Å². The molecule has 3 heteroatoms. The number of hydrogen-bond donors (Lipinski definition) is 1. The van der Waals surface area contributed by atoms with Crippen LogP contribution in [-0.4, -0.2) is 16.3 Å². The van der Waals surface area contributed by atoms with E-state index in [2.05, 4.69) is 16.1 Å². The molecule has 4 rings (SSSR count). The summed E-state index contributed by atoms with van der Waals surface area (Å²) >= 11 is 0. The first kappa shape index (κ1) is 9.08. The van der Waals surface area contributed by atoms with Crippen LogP contribution in [0.3, 0.4) is 0 Å². The van der Waals surface area contributed by atoms with E-state index >= 15 is 0 Å². The van der Waals surface area contributed by atoms with E-state index in [0.717, 1.165) is 30.8 Å². The second-order valence-electron chi connectivity index (χ2n) is 5.74. The molecule has 0 saturated heterocycles. The average Bonchev–Trinajstić information content (AvgIpc) is 3.02. The van der Waals surface area contributed by atoms with E-state index in [4.69, 9.17) is 5.10 Å². The Morgan fingerprint density at radius 2 is 2.31 bits per heavy atom. The van der Waals surface area contributed by atoms with Crippen LogP contribution in [-0.2, 0) is 6.54 Å². The third-order valence-electron chi connectivity index (χ3n) is 4.77. The Morgan fingerprint density at radius 1 is 1.31 bits per heavy atom. The molecule has 0 aromatic carbocycles. The highest BCUT2D eigenvalue weighted by molar-refractivity contribution is 5.39. The number of hydrogen-bond acceptors (Lipinski definition) is 2. The molecule has 1 aromatic rings. The Kier molecular flexibility index (Phi) is 1.85. The smallest absolute Gasteiger partial charge is 0.124 e. The minimum Gasteiger partial charge on any atom is -0.370 e. The van der Waals surface area contributed by atoms with Gasteiger partial charge in [-0.3, -0.25) is 0 Å². The van der Waals surface area contributed by atoms with Crippen LogP contribution in [0.1, 0.15) is 43.7 Å². The van der Waals surface area contributed by atoms with Crippen molar-refractivity contribution >= 4 is 5.82 Å². The number of nitrogens with zero attached hydrogens (tertiary/aromatic N) is 2. The third-order valence-corrected chi connectivity index (χ3v) is 4.77. The predicted octanol–water partition coefficient (Wildman–Crippen LogP) is 2.60. The number of fused-ring (bicyclic) bond motifs is 3. The van der Waals surface area contributed by atoms with Crippen LogP contribution in [0.25, 0.3) is 0 Å². The number of aromatic nitrogens is 2. The topological polar surface area (TPSA) is 29.9 Å². The van der Waals surface area contributed by atoms with E-state index < -0.39 is 0 Å². The summed E-state index contributed by atoms with van der Waals surface area (Å²) in [7, 11) is 0. The number of nitrogens with one attached hydrogen (secondary N) is 1. The maximum atomic E-state index is 4.81. The Bertz CT molecular complexity index is 386. The quantitative estimate of drug-likeness (QED) is 0.783. The minimum atomic E-state index is 0.777. The predicted molar refractivity (Wildman–Crippen MR) is 63.5 cm³/mol. The first-order valence-electron chi connectivity index (χ1n) is 6.72. The van der Waals surface area contributed by atoms with Crippen molar-refractivity contribution < 1.29 is 0 Å². The van der Waals surface area contributed by atoms with Crippen LogP contribution in [0.5, 0.6) is 0 Å². The molecule has 0 radical (unpaired) electrons. The molecule has 2 bridgehead atoms.